The van der Waals surface area contributed by atoms with Gasteiger partial charge < -0.3 is 4.84 Å². The Morgan fingerprint density at radius 2 is 2.08 bits per heavy atom. The first-order valence-electron chi connectivity index (χ1n) is 4.07. The lowest BCUT2D eigenvalue weighted by Crippen LogP contribution is -2.03. The molecule has 0 bridgehead atoms. The summed E-state index contributed by atoms with van der Waals surface area (Å²) in [4.78, 5) is 5.02. The molecule has 0 saturated carbocycles. The second-order valence-corrected chi connectivity index (χ2v) is 3.89. The minimum atomic E-state index is -0.0290. The summed E-state index contributed by atoms with van der Waals surface area (Å²) in [5.41, 5.74) is 2.09. The van der Waals surface area contributed by atoms with Crippen LogP contribution in [0.5, 0.6) is 0 Å². The molecule has 1 aliphatic rings. The zero-order valence-corrected chi connectivity index (χ0v) is 8.62. The van der Waals surface area contributed by atoms with E-state index >= 15 is 0 Å². The van der Waals surface area contributed by atoms with E-state index in [-0.39, 0.29) is 6.10 Å². The van der Waals surface area contributed by atoms with Crippen molar-refractivity contribution >= 4 is 21.6 Å². The Balaban J connectivity index is 2.22. The highest BCUT2D eigenvalue weighted by Gasteiger charge is 2.17. The Labute approximate surface area is 85.7 Å². The Hall–Kier alpha value is -0.830. The fourth-order valence-electron chi connectivity index (χ4n) is 1.24. The van der Waals surface area contributed by atoms with Gasteiger partial charge in [-0.15, -0.1) is 0 Å². The molecule has 0 aliphatic carbocycles. The highest BCUT2D eigenvalue weighted by atomic mass is 79.9. The van der Waals surface area contributed by atoms with E-state index in [9.17, 15) is 0 Å². The lowest BCUT2D eigenvalue weighted by Gasteiger charge is -1.98. The fourth-order valence-corrected chi connectivity index (χ4v) is 1.51. The van der Waals surface area contributed by atoms with Gasteiger partial charge in [0.25, 0.3) is 0 Å². The smallest absolute Gasteiger partial charge is 0.133 e. The van der Waals surface area contributed by atoms with Gasteiger partial charge in [-0.1, -0.05) is 33.2 Å². The van der Waals surface area contributed by atoms with E-state index in [0.29, 0.717) is 0 Å². The number of halogens is 1. The van der Waals surface area contributed by atoms with Gasteiger partial charge in [-0.2, -0.15) is 0 Å². The number of hydrogen-bond acceptors (Lipinski definition) is 2. The zero-order chi connectivity index (χ0) is 9.26. The molecule has 0 saturated heterocycles. The molecule has 1 radical (unpaired) electrons. The molecule has 13 heavy (non-hydrogen) atoms. The summed E-state index contributed by atoms with van der Waals surface area (Å²) in [7, 11) is 0. The van der Waals surface area contributed by atoms with Crippen LogP contribution in [0.15, 0.2) is 33.9 Å². The zero-order valence-electron chi connectivity index (χ0n) is 7.03. The van der Waals surface area contributed by atoms with E-state index in [4.69, 9.17) is 4.84 Å². The van der Waals surface area contributed by atoms with Crippen LogP contribution in [0.25, 0.3) is 0 Å². The lowest BCUT2D eigenvalue weighted by molar-refractivity contribution is 0.118. The summed E-state index contributed by atoms with van der Waals surface area (Å²) in [6.45, 7) is 3.78. The molecule has 1 aromatic carbocycles. The summed E-state index contributed by atoms with van der Waals surface area (Å²) in [6, 6.07) is 8.02. The van der Waals surface area contributed by atoms with Crippen molar-refractivity contribution in [2.24, 2.45) is 5.16 Å². The van der Waals surface area contributed by atoms with Crippen LogP contribution in [0.3, 0.4) is 0 Å². The van der Waals surface area contributed by atoms with Crippen molar-refractivity contribution in [3.63, 3.8) is 0 Å². The molecule has 2 nitrogen and oxygen atoms in total. The Kier molecular flexibility index (Phi) is 2.36. The van der Waals surface area contributed by atoms with Crippen molar-refractivity contribution in [3.05, 3.63) is 41.2 Å². The third kappa shape index (κ3) is 1.91. The first-order valence-corrected chi connectivity index (χ1v) is 4.87. The highest BCUT2D eigenvalue weighted by Crippen LogP contribution is 2.17. The van der Waals surface area contributed by atoms with Gasteiger partial charge in [0.2, 0.25) is 0 Å². The normalized spacial score (nSPS) is 21.1. The maximum absolute atomic E-state index is 5.02. The van der Waals surface area contributed by atoms with Gasteiger partial charge in [0.15, 0.2) is 0 Å². The quantitative estimate of drug-likeness (QED) is 0.738. The largest absolute Gasteiger partial charge is 0.392 e. The van der Waals surface area contributed by atoms with E-state index in [0.717, 1.165) is 22.2 Å². The van der Waals surface area contributed by atoms with Crippen LogP contribution in [0, 0.1) is 6.92 Å². The number of rotatable bonds is 1. The Morgan fingerprint density at radius 3 is 2.62 bits per heavy atom. The van der Waals surface area contributed by atoms with Gasteiger partial charge in [-0.3, -0.25) is 0 Å². The lowest BCUT2D eigenvalue weighted by atomic mass is 10.1. The van der Waals surface area contributed by atoms with Crippen molar-refractivity contribution in [1.29, 1.82) is 0 Å². The Morgan fingerprint density at radius 1 is 1.38 bits per heavy atom. The van der Waals surface area contributed by atoms with Gasteiger partial charge in [-0.05, 0) is 24.6 Å². The van der Waals surface area contributed by atoms with Crippen LogP contribution in [0.1, 0.15) is 12.0 Å². The van der Waals surface area contributed by atoms with Gasteiger partial charge in [0, 0.05) is 10.9 Å². The fraction of sp³-hybridized carbons (Fsp3) is 0.200. The van der Waals surface area contributed by atoms with Crippen LogP contribution in [0.2, 0.25) is 0 Å². The molecule has 0 amide bonds. The van der Waals surface area contributed by atoms with Crippen LogP contribution in [-0.4, -0.2) is 11.8 Å². The summed E-state index contributed by atoms with van der Waals surface area (Å²) in [5, 5.41) is 3.96. The maximum atomic E-state index is 5.02. The van der Waals surface area contributed by atoms with Crippen LogP contribution >= 0.6 is 15.9 Å². The molecule has 1 aromatic rings. The summed E-state index contributed by atoms with van der Waals surface area (Å²) < 4.78 is 1.07. The molecule has 0 N–H and O–H groups in total. The molecule has 1 aliphatic heterocycles. The van der Waals surface area contributed by atoms with Crippen LogP contribution in [0.4, 0.5) is 0 Å². The summed E-state index contributed by atoms with van der Waals surface area (Å²) >= 11 is 3.38. The third-order valence-electron chi connectivity index (χ3n) is 1.91. The number of nitrogens with zero attached hydrogens (tertiary/aromatic N) is 1. The SMILES string of the molecule is [CH2]C1CC(c2ccc(Br)cc2)=NO1. The average Bonchev–Trinajstić information content (AvgIpc) is 2.53. The van der Waals surface area contributed by atoms with Gasteiger partial charge >= 0.3 is 0 Å². The van der Waals surface area contributed by atoms with E-state index in [1.165, 1.54) is 0 Å². The van der Waals surface area contributed by atoms with Crippen molar-refractivity contribution in [1.82, 2.24) is 0 Å². The average molecular weight is 239 g/mol. The molecule has 0 fully saturated rings. The standard InChI is InChI=1S/C10H9BrNO/c1-7-6-10(12-13-7)8-2-4-9(11)5-3-8/h2-5,7H,1,6H2. The Bertz CT molecular complexity index is 331. The highest BCUT2D eigenvalue weighted by molar-refractivity contribution is 9.10. The molecule has 2 rings (SSSR count). The van der Waals surface area contributed by atoms with E-state index in [2.05, 4.69) is 28.0 Å². The third-order valence-corrected chi connectivity index (χ3v) is 2.44. The topological polar surface area (TPSA) is 21.6 Å². The van der Waals surface area contributed by atoms with Crippen LogP contribution < -0.4 is 0 Å². The number of benzene rings is 1. The first kappa shape index (κ1) is 8.75. The van der Waals surface area contributed by atoms with Gasteiger partial charge in [0.1, 0.15) is 6.10 Å². The molecule has 1 heterocycles. The summed E-state index contributed by atoms with van der Waals surface area (Å²) in [5.74, 6) is 0. The van der Waals surface area contributed by atoms with Gasteiger partial charge in [-0.25, -0.2) is 0 Å². The molecule has 1 atom stereocenters. The van der Waals surface area contributed by atoms with Crippen LogP contribution in [-0.2, 0) is 4.84 Å². The minimum Gasteiger partial charge on any atom is -0.392 e. The molecule has 1 unspecified atom stereocenters. The van der Waals surface area contributed by atoms with Crippen molar-refractivity contribution < 1.29 is 4.84 Å². The predicted molar refractivity (Wildman–Crippen MR) is 55.5 cm³/mol. The molecule has 3 heteroatoms. The van der Waals surface area contributed by atoms with Crippen molar-refractivity contribution in [3.8, 4) is 0 Å². The molecular formula is C10H9BrNO. The summed E-state index contributed by atoms with van der Waals surface area (Å²) in [6.07, 6.45) is 0.764. The first-order chi connectivity index (χ1) is 6.25. The second-order valence-electron chi connectivity index (χ2n) is 2.98. The van der Waals surface area contributed by atoms with Crippen molar-refractivity contribution in [2.45, 2.75) is 12.5 Å². The molecular weight excluding hydrogens is 230 g/mol. The maximum Gasteiger partial charge on any atom is 0.133 e. The molecule has 0 aromatic heterocycles. The van der Waals surface area contributed by atoms with E-state index in [1.807, 2.05) is 24.3 Å². The number of hydrogen-bond donors (Lipinski definition) is 0. The molecule has 67 valence electrons. The molecule has 0 spiro atoms. The second kappa shape index (κ2) is 3.50. The monoisotopic (exact) mass is 238 g/mol. The van der Waals surface area contributed by atoms with Crippen molar-refractivity contribution in [2.75, 3.05) is 0 Å². The van der Waals surface area contributed by atoms with E-state index < -0.39 is 0 Å². The van der Waals surface area contributed by atoms with Gasteiger partial charge in [0.05, 0.1) is 5.71 Å². The number of oxime groups is 1. The predicted octanol–water partition coefficient (Wildman–Crippen LogP) is 2.78. The van der Waals surface area contributed by atoms with E-state index in [1.54, 1.807) is 0 Å². The minimum absolute atomic E-state index is 0.0290.